The molecule has 6 heteroatoms. The van der Waals surface area contributed by atoms with E-state index in [2.05, 4.69) is 9.97 Å². The van der Waals surface area contributed by atoms with E-state index >= 15 is 0 Å². The predicted octanol–water partition coefficient (Wildman–Crippen LogP) is 2.34. The lowest BCUT2D eigenvalue weighted by atomic mass is 10.1. The first-order chi connectivity index (χ1) is 8.61. The summed E-state index contributed by atoms with van der Waals surface area (Å²) in [5.41, 5.74) is 0.434. The summed E-state index contributed by atoms with van der Waals surface area (Å²) in [5.74, 6) is -0.899. The van der Waals surface area contributed by atoms with Crippen LogP contribution in [0.4, 0.5) is 14.7 Å². The Morgan fingerprint density at radius 1 is 1.22 bits per heavy atom. The summed E-state index contributed by atoms with van der Waals surface area (Å²) < 4.78 is 26.5. The molecule has 0 aliphatic rings. The van der Waals surface area contributed by atoms with Crippen LogP contribution in [-0.2, 0) is 0 Å². The number of nitrogens with zero attached hydrogens (tertiary/aromatic N) is 4. The van der Waals surface area contributed by atoms with E-state index in [1.807, 2.05) is 6.19 Å². The van der Waals surface area contributed by atoms with Crippen molar-refractivity contribution in [1.29, 1.82) is 5.26 Å². The van der Waals surface area contributed by atoms with Crippen molar-refractivity contribution in [3.63, 3.8) is 0 Å². The van der Waals surface area contributed by atoms with Gasteiger partial charge in [-0.25, -0.2) is 18.7 Å². The van der Waals surface area contributed by atoms with Gasteiger partial charge in [-0.3, -0.25) is 4.90 Å². The van der Waals surface area contributed by atoms with E-state index in [-0.39, 0.29) is 11.5 Å². The molecule has 0 aliphatic carbocycles. The molecule has 1 heterocycles. The first-order valence-corrected chi connectivity index (χ1v) is 5.02. The number of hydrogen-bond acceptors (Lipinski definition) is 4. The summed E-state index contributed by atoms with van der Waals surface area (Å²) in [7, 11) is 1.50. The van der Waals surface area contributed by atoms with Crippen LogP contribution in [0, 0.1) is 23.1 Å². The van der Waals surface area contributed by atoms with Crippen molar-refractivity contribution in [3.8, 4) is 17.3 Å². The topological polar surface area (TPSA) is 52.8 Å². The van der Waals surface area contributed by atoms with Crippen LogP contribution < -0.4 is 4.90 Å². The van der Waals surface area contributed by atoms with Crippen LogP contribution in [0.5, 0.6) is 0 Å². The zero-order valence-electron chi connectivity index (χ0n) is 9.43. The monoisotopic (exact) mass is 246 g/mol. The van der Waals surface area contributed by atoms with Gasteiger partial charge in [-0.15, -0.1) is 0 Å². The summed E-state index contributed by atoms with van der Waals surface area (Å²) in [6.07, 6.45) is 4.52. The van der Waals surface area contributed by atoms with Gasteiger partial charge in [0.25, 0.3) is 0 Å². The summed E-state index contributed by atoms with van der Waals surface area (Å²) in [6, 6.07) is 3.15. The fraction of sp³-hybridized carbons (Fsp3) is 0.0833. The van der Waals surface area contributed by atoms with E-state index in [1.165, 1.54) is 19.4 Å². The second-order valence-corrected chi connectivity index (χ2v) is 3.55. The maximum absolute atomic E-state index is 13.5. The lowest BCUT2D eigenvalue weighted by Crippen LogP contribution is -2.11. The molecule has 0 aliphatic heterocycles. The van der Waals surface area contributed by atoms with Crippen LogP contribution in [0.3, 0.4) is 0 Å². The number of aromatic nitrogens is 2. The Morgan fingerprint density at radius 3 is 2.50 bits per heavy atom. The van der Waals surface area contributed by atoms with Gasteiger partial charge in [-0.05, 0) is 18.2 Å². The van der Waals surface area contributed by atoms with Crippen LogP contribution in [-0.4, -0.2) is 17.0 Å². The maximum Gasteiger partial charge on any atom is 0.238 e. The summed E-state index contributed by atoms with van der Waals surface area (Å²) in [6.45, 7) is 0. The Labute approximate surface area is 102 Å². The van der Waals surface area contributed by atoms with Crippen molar-refractivity contribution in [1.82, 2.24) is 9.97 Å². The third kappa shape index (κ3) is 2.25. The van der Waals surface area contributed by atoms with E-state index in [0.717, 1.165) is 23.1 Å². The van der Waals surface area contributed by atoms with Gasteiger partial charge in [0.2, 0.25) is 5.95 Å². The fourth-order valence-corrected chi connectivity index (χ4v) is 1.40. The summed E-state index contributed by atoms with van der Waals surface area (Å²) in [5, 5.41) is 8.64. The van der Waals surface area contributed by atoms with E-state index in [1.54, 1.807) is 0 Å². The molecule has 18 heavy (non-hydrogen) atoms. The second-order valence-electron chi connectivity index (χ2n) is 3.55. The molecule has 0 atom stereocenters. The summed E-state index contributed by atoms with van der Waals surface area (Å²) in [4.78, 5) is 8.96. The number of halogens is 2. The van der Waals surface area contributed by atoms with Crippen molar-refractivity contribution in [3.05, 3.63) is 42.2 Å². The van der Waals surface area contributed by atoms with Gasteiger partial charge < -0.3 is 0 Å². The van der Waals surface area contributed by atoms with E-state index in [9.17, 15) is 8.78 Å². The standard InChI is InChI=1S/C12H8F2N4/c1-18(7-15)12-16-5-8(6-17-12)10-4-9(13)2-3-11(10)14/h2-6H,1H3. The molecular weight excluding hydrogens is 238 g/mol. The van der Waals surface area contributed by atoms with Crippen LogP contribution in [0.15, 0.2) is 30.6 Å². The summed E-state index contributed by atoms with van der Waals surface area (Å²) >= 11 is 0. The van der Waals surface area contributed by atoms with Gasteiger partial charge in [0.05, 0.1) is 0 Å². The molecule has 4 nitrogen and oxygen atoms in total. The SMILES string of the molecule is CN(C#N)c1ncc(-c2cc(F)ccc2F)cn1. The van der Waals surface area contributed by atoms with Crippen LogP contribution in [0.2, 0.25) is 0 Å². The molecule has 90 valence electrons. The van der Waals surface area contributed by atoms with E-state index < -0.39 is 11.6 Å². The number of nitriles is 1. The smallest absolute Gasteiger partial charge is 0.238 e. The highest BCUT2D eigenvalue weighted by Gasteiger charge is 2.09. The minimum absolute atomic E-state index is 0.0844. The average Bonchev–Trinajstić information content (AvgIpc) is 2.41. The normalized spacial score (nSPS) is 9.89. The van der Waals surface area contributed by atoms with Crippen molar-refractivity contribution < 1.29 is 8.78 Å². The lowest BCUT2D eigenvalue weighted by Gasteiger charge is -2.07. The Hall–Kier alpha value is -2.55. The van der Waals surface area contributed by atoms with E-state index in [4.69, 9.17) is 5.26 Å². The van der Waals surface area contributed by atoms with Crippen LogP contribution >= 0.6 is 0 Å². The zero-order chi connectivity index (χ0) is 13.1. The Balaban J connectivity index is 2.41. The third-order valence-corrected chi connectivity index (χ3v) is 2.33. The van der Waals surface area contributed by atoms with Gasteiger partial charge in [0.15, 0.2) is 6.19 Å². The Bertz CT molecular complexity index is 604. The minimum atomic E-state index is -0.554. The lowest BCUT2D eigenvalue weighted by molar-refractivity contribution is 0.603. The predicted molar refractivity (Wildman–Crippen MR) is 61.4 cm³/mol. The largest absolute Gasteiger partial charge is 0.250 e. The molecule has 0 amide bonds. The zero-order valence-corrected chi connectivity index (χ0v) is 9.43. The first kappa shape index (κ1) is 11.9. The highest BCUT2D eigenvalue weighted by atomic mass is 19.1. The number of rotatable bonds is 2. The van der Waals surface area contributed by atoms with Crippen LogP contribution in [0.1, 0.15) is 0 Å². The minimum Gasteiger partial charge on any atom is -0.250 e. The highest BCUT2D eigenvalue weighted by molar-refractivity contribution is 5.63. The molecule has 1 aromatic carbocycles. The molecule has 0 N–H and O–H groups in total. The first-order valence-electron chi connectivity index (χ1n) is 5.02. The molecule has 0 radical (unpaired) electrons. The third-order valence-electron chi connectivity index (χ3n) is 2.33. The molecular formula is C12H8F2N4. The second kappa shape index (κ2) is 4.75. The molecule has 1 aromatic heterocycles. The maximum atomic E-state index is 13.5. The van der Waals surface area contributed by atoms with Crippen molar-refractivity contribution >= 4 is 5.95 Å². The van der Waals surface area contributed by atoms with Crippen molar-refractivity contribution in [2.45, 2.75) is 0 Å². The van der Waals surface area contributed by atoms with Gasteiger partial charge in [-0.1, -0.05) is 0 Å². The van der Waals surface area contributed by atoms with Crippen molar-refractivity contribution in [2.24, 2.45) is 0 Å². The molecule has 0 spiro atoms. The van der Waals surface area contributed by atoms with Gasteiger partial charge in [-0.2, -0.15) is 5.26 Å². The number of benzene rings is 1. The molecule has 0 fully saturated rings. The molecule has 2 rings (SSSR count). The average molecular weight is 246 g/mol. The number of hydrogen-bond donors (Lipinski definition) is 0. The van der Waals surface area contributed by atoms with Gasteiger partial charge in [0, 0.05) is 30.6 Å². The van der Waals surface area contributed by atoms with Crippen molar-refractivity contribution in [2.75, 3.05) is 11.9 Å². The molecule has 2 aromatic rings. The Morgan fingerprint density at radius 2 is 1.89 bits per heavy atom. The van der Waals surface area contributed by atoms with Gasteiger partial charge in [0.1, 0.15) is 11.6 Å². The fourth-order valence-electron chi connectivity index (χ4n) is 1.40. The Kier molecular flexibility index (Phi) is 3.15. The molecule has 0 unspecified atom stereocenters. The quantitative estimate of drug-likeness (QED) is 0.602. The van der Waals surface area contributed by atoms with E-state index in [0.29, 0.717) is 5.56 Å². The molecule has 0 bridgehead atoms. The number of anilines is 1. The van der Waals surface area contributed by atoms with Gasteiger partial charge >= 0.3 is 0 Å². The molecule has 0 saturated carbocycles. The van der Waals surface area contributed by atoms with Crippen LogP contribution in [0.25, 0.3) is 11.1 Å². The highest BCUT2D eigenvalue weighted by Crippen LogP contribution is 2.23. The molecule has 0 saturated heterocycles.